The standard InChI is InChI=1S/C26H32N2O6/c1-26(2,3)34-25(30)28-18-14-21(15-18)32-20-11-12-22(27-16-20)24(29)17-7-9-19(10-8-17)33-23-6-4-5-13-31-23/h7-12,16,18,21,23H,4-6,13-15H2,1-3H3,(H,28,30). The van der Waals surface area contributed by atoms with Gasteiger partial charge >= 0.3 is 6.09 Å². The molecular formula is C26H32N2O6. The van der Waals surface area contributed by atoms with Crippen molar-refractivity contribution < 1.29 is 28.5 Å². The quantitative estimate of drug-likeness (QED) is 0.591. The Bertz CT molecular complexity index is 972. The first kappa shape index (κ1) is 24.0. The van der Waals surface area contributed by atoms with Gasteiger partial charge in [0.2, 0.25) is 5.78 Å². The summed E-state index contributed by atoms with van der Waals surface area (Å²) >= 11 is 0. The Labute approximate surface area is 199 Å². The van der Waals surface area contributed by atoms with Crippen molar-refractivity contribution in [1.29, 1.82) is 0 Å². The number of ketones is 1. The van der Waals surface area contributed by atoms with Crippen LogP contribution in [0.25, 0.3) is 0 Å². The second kappa shape index (κ2) is 10.4. The average molecular weight is 469 g/mol. The zero-order valence-corrected chi connectivity index (χ0v) is 19.9. The molecule has 2 fully saturated rings. The van der Waals surface area contributed by atoms with Crippen LogP contribution in [0.1, 0.15) is 68.9 Å². The fourth-order valence-corrected chi connectivity index (χ4v) is 3.82. The van der Waals surface area contributed by atoms with Gasteiger partial charge in [0.25, 0.3) is 0 Å². The van der Waals surface area contributed by atoms with Crippen LogP contribution in [0.2, 0.25) is 0 Å². The van der Waals surface area contributed by atoms with Gasteiger partial charge in [-0.25, -0.2) is 9.78 Å². The zero-order chi connectivity index (χ0) is 24.1. The molecule has 8 nitrogen and oxygen atoms in total. The van der Waals surface area contributed by atoms with Gasteiger partial charge in [-0.15, -0.1) is 0 Å². The van der Waals surface area contributed by atoms with Crippen molar-refractivity contribution in [2.45, 2.75) is 76.9 Å². The number of hydrogen-bond acceptors (Lipinski definition) is 7. The third kappa shape index (κ3) is 6.70. The molecular weight excluding hydrogens is 436 g/mol. The Morgan fingerprint density at radius 3 is 2.35 bits per heavy atom. The van der Waals surface area contributed by atoms with Crippen molar-refractivity contribution >= 4 is 11.9 Å². The van der Waals surface area contributed by atoms with Crippen LogP contribution in [0.15, 0.2) is 42.6 Å². The maximum absolute atomic E-state index is 12.8. The summed E-state index contributed by atoms with van der Waals surface area (Å²) in [6.45, 7) is 6.21. The Kier molecular flexibility index (Phi) is 7.36. The van der Waals surface area contributed by atoms with E-state index < -0.39 is 11.7 Å². The highest BCUT2D eigenvalue weighted by Crippen LogP contribution is 2.26. The van der Waals surface area contributed by atoms with Gasteiger partial charge in [0.05, 0.1) is 12.8 Å². The molecule has 1 aliphatic carbocycles. The second-order valence-electron chi connectivity index (χ2n) is 9.70. The lowest BCUT2D eigenvalue weighted by Crippen LogP contribution is -2.50. The van der Waals surface area contributed by atoms with Crippen molar-refractivity contribution in [2.75, 3.05) is 6.61 Å². The number of amides is 1. The summed E-state index contributed by atoms with van der Waals surface area (Å²) in [5.74, 6) is 1.10. The van der Waals surface area contributed by atoms with Crippen LogP contribution >= 0.6 is 0 Å². The van der Waals surface area contributed by atoms with E-state index in [0.717, 1.165) is 25.9 Å². The van der Waals surface area contributed by atoms with E-state index in [9.17, 15) is 9.59 Å². The summed E-state index contributed by atoms with van der Waals surface area (Å²) < 4.78 is 22.6. The summed E-state index contributed by atoms with van der Waals surface area (Å²) in [6, 6.07) is 10.5. The third-order valence-electron chi connectivity index (χ3n) is 5.61. The predicted molar refractivity (Wildman–Crippen MR) is 125 cm³/mol. The smallest absolute Gasteiger partial charge is 0.407 e. The molecule has 2 aromatic rings. The summed E-state index contributed by atoms with van der Waals surface area (Å²) in [6.07, 6.45) is 5.34. The first-order valence-electron chi connectivity index (χ1n) is 11.8. The van der Waals surface area contributed by atoms with E-state index in [4.69, 9.17) is 18.9 Å². The highest BCUT2D eigenvalue weighted by Gasteiger charge is 2.33. The van der Waals surface area contributed by atoms with Gasteiger partial charge in [0.1, 0.15) is 28.9 Å². The number of rotatable bonds is 7. The Morgan fingerprint density at radius 1 is 1.00 bits per heavy atom. The van der Waals surface area contributed by atoms with Gasteiger partial charge in [-0.1, -0.05) is 0 Å². The molecule has 2 heterocycles. The van der Waals surface area contributed by atoms with Crippen molar-refractivity contribution in [3.8, 4) is 11.5 Å². The molecule has 1 amide bonds. The Hall–Kier alpha value is -3.13. The van der Waals surface area contributed by atoms with Crippen LogP contribution < -0.4 is 14.8 Å². The van der Waals surface area contributed by atoms with Crippen LogP contribution in [0.5, 0.6) is 11.5 Å². The van der Waals surface area contributed by atoms with Crippen LogP contribution in [0, 0.1) is 0 Å². The van der Waals surface area contributed by atoms with E-state index in [1.54, 1.807) is 42.6 Å². The lowest BCUT2D eigenvalue weighted by atomic mass is 9.89. The lowest BCUT2D eigenvalue weighted by Gasteiger charge is -2.36. The van der Waals surface area contributed by atoms with Crippen LogP contribution in [-0.2, 0) is 9.47 Å². The summed E-state index contributed by atoms with van der Waals surface area (Å²) in [5, 5.41) is 2.84. The van der Waals surface area contributed by atoms with Crippen LogP contribution in [0.3, 0.4) is 0 Å². The Morgan fingerprint density at radius 2 is 1.74 bits per heavy atom. The summed E-state index contributed by atoms with van der Waals surface area (Å²) in [4.78, 5) is 28.9. The monoisotopic (exact) mass is 468 g/mol. The van der Waals surface area contributed by atoms with Crippen molar-refractivity contribution in [1.82, 2.24) is 10.3 Å². The number of ether oxygens (including phenoxy) is 4. The van der Waals surface area contributed by atoms with Gasteiger partial charge in [0, 0.05) is 30.9 Å². The molecule has 4 rings (SSSR count). The van der Waals surface area contributed by atoms with E-state index in [1.165, 1.54) is 0 Å². The maximum atomic E-state index is 12.8. The number of carbonyl (C=O) groups excluding carboxylic acids is 2. The highest BCUT2D eigenvalue weighted by atomic mass is 16.7. The number of benzene rings is 1. The number of pyridine rings is 1. The van der Waals surface area contributed by atoms with Crippen LogP contribution in [0.4, 0.5) is 4.79 Å². The van der Waals surface area contributed by atoms with Crippen molar-refractivity contribution in [2.24, 2.45) is 0 Å². The van der Waals surface area contributed by atoms with Gasteiger partial charge in [0.15, 0.2) is 6.29 Å². The summed E-state index contributed by atoms with van der Waals surface area (Å²) in [5.41, 5.74) is 0.358. The molecule has 1 aliphatic heterocycles. The van der Waals surface area contributed by atoms with Gasteiger partial charge in [-0.05, 0) is 70.0 Å². The molecule has 0 spiro atoms. The largest absolute Gasteiger partial charge is 0.489 e. The molecule has 0 radical (unpaired) electrons. The Balaban J connectivity index is 1.23. The fraction of sp³-hybridized carbons (Fsp3) is 0.500. The SMILES string of the molecule is CC(C)(C)OC(=O)NC1CC(Oc2ccc(C(=O)c3ccc(OC4CCCCO4)cc3)nc2)C1. The minimum absolute atomic E-state index is 0.0102. The lowest BCUT2D eigenvalue weighted by molar-refractivity contribution is -0.105. The van der Waals surface area contributed by atoms with Crippen molar-refractivity contribution in [3.05, 3.63) is 53.9 Å². The van der Waals surface area contributed by atoms with Gasteiger partial charge in [-0.2, -0.15) is 0 Å². The third-order valence-corrected chi connectivity index (χ3v) is 5.61. The minimum atomic E-state index is -0.520. The first-order valence-corrected chi connectivity index (χ1v) is 11.8. The molecule has 34 heavy (non-hydrogen) atoms. The molecule has 1 saturated heterocycles. The molecule has 1 unspecified atom stereocenters. The minimum Gasteiger partial charge on any atom is -0.489 e. The number of aromatic nitrogens is 1. The normalized spacial score (nSPS) is 22.3. The molecule has 2 aliphatic rings. The van der Waals surface area contributed by atoms with Gasteiger partial charge < -0.3 is 24.3 Å². The van der Waals surface area contributed by atoms with Crippen LogP contribution in [-0.4, -0.2) is 47.5 Å². The topological polar surface area (TPSA) is 96.0 Å². The number of hydrogen-bond donors (Lipinski definition) is 1. The maximum Gasteiger partial charge on any atom is 0.407 e. The molecule has 8 heteroatoms. The first-order chi connectivity index (χ1) is 16.2. The van der Waals surface area contributed by atoms with E-state index in [0.29, 0.717) is 35.6 Å². The fourth-order valence-electron chi connectivity index (χ4n) is 3.82. The molecule has 182 valence electrons. The van der Waals surface area contributed by atoms with E-state index >= 15 is 0 Å². The van der Waals surface area contributed by atoms with Gasteiger partial charge in [-0.3, -0.25) is 4.79 Å². The summed E-state index contributed by atoms with van der Waals surface area (Å²) in [7, 11) is 0. The molecule has 1 atom stereocenters. The number of alkyl carbamates (subject to hydrolysis) is 1. The van der Waals surface area contributed by atoms with E-state index in [2.05, 4.69) is 10.3 Å². The molecule has 1 aromatic heterocycles. The molecule has 1 aromatic carbocycles. The number of nitrogens with zero attached hydrogens (tertiary/aromatic N) is 1. The zero-order valence-electron chi connectivity index (χ0n) is 19.9. The molecule has 0 bridgehead atoms. The van der Waals surface area contributed by atoms with E-state index in [-0.39, 0.29) is 24.2 Å². The molecule has 1 saturated carbocycles. The second-order valence-corrected chi connectivity index (χ2v) is 9.70. The van der Waals surface area contributed by atoms with E-state index in [1.807, 2.05) is 20.8 Å². The average Bonchev–Trinajstić information content (AvgIpc) is 2.78. The predicted octanol–water partition coefficient (Wildman–Crippen LogP) is 4.65. The highest BCUT2D eigenvalue weighted by molar-refractivity contribution is 6.07. The number of nitrogens with one attached hydrogen (secondary N) is 1. The number of carbonyl (C=O) groups is 2. The van der Waals surface area contributed by atoms with Crippen molar-refractivity contribution in [3.63, 3.8) is 0 Å². The molecule has 1 N–H and O–H groups in total.